The first kappa shape index (κ1) is 25.6. The lowest BCUT2D eigenvalue weighted by Gasteiger charge is -2.17. The zero-order valence-corrected chi connectivity index (χ0v) is 20.3. The Hall–Kier alpha value is -4.07. The molecule has 2 N–H and O–H groups in total. The van der Waals surface area contributed by atoms with E-state index >= 15 is 0 Å². The van der Waals surface area contributed by atoms with Crippen LogP contribution in [0.25, 0.3) is 0 Å². The van der Waals surface area contributed by atoms with Gasteiger partial charge in [0.05, 0.1) is 32.3 Å². The van der Waals surface area contributed by atoms with Crippen molar-refractivity contribution in [2.45, 2.75) is 17.5 Å². The van der Waals surface area contributed by atoms with Gasteiger partial charge >= 0.3 is 0 Å². The summed E-state index contributed by atoms with van der Waals surface area (Å²) < 4.78 is 43.9. The average molecular weight is 496 g/mol. The van der Waals surface area contributed by atoms with Gasteiger partial charge < -0.3 is 19.5 Å². The van der Waals surface area contributed by atoms with Gasteiger partial charge in [0.15, 0.2) is 11.5 Å². The molecule has 1 amide bonds. The molecule has 0 aliphatic carbocycles. The fourth-order valence-corrected chi connectivity index (χ4v) is 4.40. The maximum atomic E-state index is 12.9. The second kappa shape index (κ2) is 11.4. The number of hydrogen-bond acceptors (Lipinski definition) is 7. The fourth-order valence-electron chi connectivity index (χ4n) is 3.33. The van der Waals surface area contributed by atoms with Gasteiger partial charge in [-0.15, -0.1) is 0 Å². The molecular weight excluding hydrogens is 470 g/mol. The number of nitrogens with zero attached hydrogens (tertiary/aromatic N) is 1. The van der Waals surface area contributed by atoms with Crippen LogP contribution in [0.2, 0.25) is 0 Å². The topological polar surface area (TPSA) is 127 Å². The van der Waals surface area contributed by atoms with Gasteiger partial charge in [0.1, 0.15) is 6.04 Å². The van der Waals surface area contributed by atoms with Crippen molar-refractivity contribution < 1.29 is 27.4 Å². The van der Waals surface area contributed by atoms with Crippen molar-refractivity contribution in [3.05, 3.63) is 83.4 Å². The molecule has 0 saturated carbocycles. The normalized spacial score (nSPS) is 11.7. The SMILES string of the molecule is COc1cc(C(C#N)NC(=O)c2cccc(S(=O)(=O)NCc3ccccc3)c2)cc(OC)c1OC. The highest BCUT2D eigenvalue weighted by atomic mass is 32.2. The molecule has 0 bridgehead atoms. The van der Waals surface area contributed by atoms with Crippen molar-refractivity contribution in [3.8, 4) is 23.3 Å². The Kier molecular flexibility index (Phi) is 8.30. The lowest BCUT2D eigenvalue weighted by Crippen LogP contribution is -2.28. The number of ether oxygens (including phenoxy) is 3. The van der Waals surface area contributed by atoms with Crippen LogP contribution in [0, 0.1) is 11.3 Å². The fraction of sp³-hybridized carbons (Fsp3) is 0.200. The Morgan fingerprint density at radius 1 is 0.943 bits per heavy atom. The summed E-state index contributed by atoms with van der Waals surface area (Å²) in [5, 5.41) is 12.3. The Bertz CT molecular complexity index is 1310. The lowest BCUT2D eigenvalue weighted by molar-refractivity contribution is 0.0945. The number of hydrogen-bond donors (Lipinski definition) is 2. The van der Waals surface area contributed by atoms with Gasteiger partial charge in [0, 0.05) is 12.1 Å². The molecule has 1 unspecified atom stereocenters. The number of amides is 1. The molecule has 0 heterocycles. The predicted octanol–water partition coefficient (Wildman–Crippen LogP) is 3.19. The number of nitriles is 1. The first-order chi connectivity index (χ1) is 16.8. The minimum atomic E-state index is -3.87. The highest BCUT2D eigenvalue weighted by Crippen LogP contribution is 2.39. The number of carbonyl (C=O) groups is 1. The van der Waals surface area contributed by atoms with Crippen LogP contribution in [0.4, 0.5) is 0 Å². The van der Waals surface area contributed by atoms with Crippen molar-refractivity contribution in [1.82, 2.24) is 10.0 Å². The van der Waals surface area contributed by atoms with Gasteiger partial charge in [-0.2, -0.15) is 5.26 Å². The minimum Gasteiger partial charge on any atom is -0.493 e. The number of carbonyl (C=O) groups excluding carboxylic acids is 1. The van der Waals surface area contributed by atoms with Gasteiger partial charge in [-0.1, -0.05) is 36.4 Å². The molecule has 0 aromatic heterocycles. The van der Waals surface area contributed by atoms with Crippen molar-refractivity contribution in [3.63, 3.8) is 0 Å². The van der Waals surface area contributed by atoms with E-state index in [1.165, 1.54) is 45.6 Å². The highest BCUT2D eigenvalue weighted by Gasteiger charge is 2.22. The minimum absolute atomic E-state index is 0.0672. The lowest BCUT2D eigenvalue weighted by atomic mass is 10.1. The molecule has 3 rings (SSSR count). The van der Waals surface area contributed by atoms with Crippen LogP contribution < -0.4 is 24.2 Å². The van der Waals surface area contributed by atoms with E-state index in [0.29, 0.717) is 22.8 Å². The summed E-state index contributed by atoms with van der Waals surface area (Å²) in [6.07, 6.45) is 0. The molecule has 9 nitrogen and oxygen atoms in total. The van der Waals surface area contributed by atoms with Crippen molar-refractivity contribution >= 4 is 15.9 Å². The number of rotatable bonds is 10. The van der Waals surface area contributed by atoms with E-state index in [9.17, 15) is 18.5 Å². The predicted molar refractivity (Wildman–Crippen MR) is 129 cm³/mol. The monoisotopic (exact) mass is 495 g/mol. The van der Waals surface area contributed by atoms with Crippen LogP contribution in [-0.2, 0) is 16.6 Å². The van der Waals surface area contributed by atoms with Gasteiger partial charge in [-0.25, -0.2) is 13.1 Å². The molecular formula is C25H25N3O6S. The summed E-state index contributed by atoms with van der Waals surface area (Å²) >= 11 is 0. The van der Waals surface area contributed by atoms with Gasteiger partial charge in [0.2, 0.25) is 15.8 Å². The van der Waals surface area contributed by atoms with E-state index in [1.54, 1.807) is 24.3 Å². The quantitative estimate of drug-likeness (QED) is 0.442. The summed E-state index contributed by atoms with van der Waals surface area (Å²) in [4.78, 5) is 12.8. The van der Waals surface area contributed by atoms with E-state index in [-0.39, 0.29) is 17.0 Å². The molecule has 0 aliphatic heterocycles. The first-order valence-corrected chi connectivity index (χ1v) is 11.9. The largest absolute Gasteiger partial charge is 0.493 e. The van der Waals surface area contributed by atoms with E-state index in [0.717, 1.165) is 5.56 Å². The third-order valence-electron chi connectivity index (χ3n) is 5.14. The molecule has 0 spiro atoms. The van der Waals surface area contributed by atoms with Crippen LogP contribution >= 0.6 is 0 Å². The van der Waals surface area contributed by atoms with E-state index in [4.69, 9.17) is 14.2 Å². The standard InChI is InChI=1S/C25H25N3O6S/c1-32-22-13-19(14-23(33-2)24(22)34-3)21(15-26)28-25(29)18-10-7-11-20(12-18)35(30,31)27-16-17-8-5-4-6-9-17/h4-14,21,27H,16H2,1-3H3,(H,28,29). The summed E-state index contributed by atoms with van der Waals surface area (Å²) in [5.74, 6) is 0.385. The van der Waals surface area contributed by atoms with Gasteiger partial charge in [-0.05, 0) is 41.5 Å². The summed E-state index contributed by atoms with van der Waals surface area (Å²) in [7, 11) is 0.476. The van der Waals surface area contributed by atoms with Crippen LogP contribution in [0.1, 0.15) is 27.5 Å². The Balaban J connectivity index is 1.81. The number of sulfonamides is 1. The number of benzene rings is 3. The van der Waals surface area contributed by atoms with Gasteiger partial charge in [0.25, 0.3) is 5.91 Å². The molecule has 182 valence electrons. The smallest absolute Gasteiger partial charge is 0.252 e. The second-order valence-electron chi connectivity index (χ2n) is 7.33. The van der Waals surface area contributed by atoms with Gasteiger partial charge in [-0.3, -0.25) is 4.79 Å². The summed E-state index contributed by atoms with van der Waals surface area (Å²) in [5.41, 5.74) is 1.29. The van der Waals surface area contributed by atoms with E-state index in [2.05, 4.69) is 10.0 Å². The van der Waals surface area contributed by atoms with E-state index in [1.807, 2.05) is 24.3 Å². The zero-order chi connectivity index (χ0) is 25.4. The molecule has 3 aromatic carbocycles. The van der Waals surface area contributed by atoms with E-state index < -0.39 is 22.0 Å². The van der Waals surface area contributed by atoms with Crippen LogP contribution in [0.3, 0.4) is 0 Å². The van der Waals surface area contributed by atoms with Crippen molar-refractivity contribution in [1.29, 1.82) is 5.26 Å². The molecule has 3 aromatic rings. The molecule has 10 heteroatoms. The summed E-state index contributed by atoms with van der Waals surface area (Å²) in [6, 6.07) is 18.7. The Labute approximate surface area is 204 Å². The Morgan fingerprint density at radius 2 is 1.60 bits per heavy atom. The van der Waals surface area contributed by atoms with Crippen LogP contribution in [-0.4, -0.2) is 35.7 Å². The Morgan fingerprint density at radius 3 is 2.17 bits per heavy atom. The van der Waals surface area contributed by atoms with Crippen molar-refractivity contribution in [2.75, 3.05) is 21.3 Å². The molecule has 1 atom stereocenters. The van der Waals surface area contributed by atoms with Crippen LogP contribution in [0.5, 0.6) is 17.2 Å². The maximum Gasteiger partial charge on any atom is 0.252 e. The molecule has 35 heavy (non-hydrogen) atoms. The average Bonchev–Trinajstić information content (AvgIpc) is 2.90. The number of methoxy groups -OCH3 is 3. The van der Waals surface area contributed by atoms with Crippen LogP contribution in [0.15, 0.2) is 71.6 Å². The molecule has 0 aliphatic rings. The molecule has 0 radical (unpaired) electrons. The second-order valence-corrected chi connectivity index (χ2v) is 9.10. The molecule has 0 saturated heterocycles. The summed E-state index contributed by atoms with van der Waals surface area (Å²) in [6.45, 7) is 0.108. The number of nitrogens with one attached hydrogen (secondary N) is 2. The first-order valence-electron chi connectivity index (χ1n) is 10.5. The maximum absolute atomic E-state index is 12.9. The zero-order valence-electron chi connectivity index (χ0n) is 19.4. The van der Waals surface area contributed by atoms with Crippen molar-refractivity contribution in [2.24, 2.45) is 0 Å². The highest BCUT2D eigenvalue weighted by molar-refractivity contribution is 7.89. The molecule has 0 fully saturated rings. The third-order valence-corrected chi connectivity index (χ3v) is 6.54. The third kappa shape index (κ3) is 6.09.